The highest BCUT2D eigenvalue weighted by molar-refractivity contribution is 9.10. The smallest absolute Gasteiger partial charge is 0.387 e. The number of carbonyl (C=O) groups is 1. The van der Waals surface area contributed by atoms with Crippen LogP contribution in [0.3, 0.4) is 0 Å². The van der Waals surface area contributed by atoms with E-state index in [0.29, 0.717) is 4.47 Å². The maximum absolute atomic E-state index is 12.0. The number of halogens is 3. The van der Waals surface area contributed by atoms with Crippen LogP contribution in [0.2, 0.25) is 0 Å². The third-order valence-electron chi connectivity index (χ3n) is 1.69. The molecule has 2 N–H and O–H groups in total. The fourth-order valence-corrected chi connectivity index (χ4v) is 1.38. The molecule has 0 saturated carbocycles. The maximum Gasteiger partial charge on any atom is 0.387 e. The van der Waals surface area contributed by atoms with Crippen molar-refractivity contribution in [2.75, 3.05) is 5.73 Å². The van der Waals surface area contributed by atoms with Gasteiger partial charge in [-0.05, 0) is 28.9 Å². The molecule has 15 heavy (non-hydrogen) atoms. The molecule has 0 amide bonds. The van der Waals surface area contributed by atoms with Gasteiger partial charge >= 0.3 is 6.61 Å². The molecule has 0 bridgehead atoms. The average molecular weight is 280 g/mol. The molecular formula is C9H8BrF2NO2. The van der Waals surface area contributed by atoms with E-state index >= 15 is 0 Å². The first-order valence-electron chi connectivity index (χ1n) is 3.96. The van der Waals surface area contributed by atoms with Crippen molar-refractivity contribution < 1.29 is 18.3 Å². The van der Waals surface area contributed by atoms with Crippen molar-refractivity contribution in [1.29, 1.82) is 0 Å². The molecule has 1 aromatic rings. The zero-order chi connectivity index (χ0) is 11.6. The minimum Gasteiger partial charge on any atom is -0.434 e. The third kappa shape index (κ3) is 2.89. The van der Waals surface area contributed by atoms with Gasteiger partial charge in [0.15, 0.2) is 5.78 Å². The normalized spacial score (nSPS) is 10.5. The van der Waals surface area contributed by atoms with Crippen molar-refractivity contribution in [1.82, 2.24) is 0 Å². The van der Waals surface area contributed by atoms with Gasteiger partial charge in [-0.15, -0.1) is 0 Å². The van der Waals surface area contributed by atoms with Gasteiger partial charge in [0.1, 0.15) is 5.75 Å². The zero-order valence-corrected chi connectivity index (χ0v) is 9.35. The lowest BCUT2D eigenvalue weighted by atomic mass is 10.1. The number of hydrogen-bond acceptors (Lipinski definition) is 3. The fourth-order valence-electron chi connectivity index (χ4n) is 1.04. The van der Waals surface area contributed by atoms with Gasteiger partial charge in [0.05, 0.1) is 5.56 Å². The van der Waals surface area contributed by atoms with Gasteiger partial charge in [-0.3, -0.25) is 4.79 Å². The lowest BCUT2D eigenvalue weighted by Crippen LogP contribution is -2.07. The number of nitrogen functional groups attached to an aromatic ring is 1. The van der Waals surface area contributed by atoms with Gasteiger partial charge in [0, 0.05) is 16.2 Å². The van der Waals surface area contributed by atoms with Crippen LogP contribution in [0.1, 0.15) is 17.3 Å². The lowest BCUT2D eigenvalue weighted by Gasteiger charge is -2.10. The zero-order valence-electron chi connectivity index (χ0n) is 7.76. The minimum absolute atomic E-state index is 0.0661. The van der Waals surface area contributed by atoms with E-state index in [4.69, 9.17) is 5.73 Å². The number of alkyl halides is 2. The number of benzene rings is 1. The van der Waals surface area contributed by atoms with Gasteiger partial charge < -0.3 is 10.5 Å². The molecule has 82 valence electrons. The quantitative estimate of drug-likeness (QED) is 0.684. The third-order valence-corrected chi connectivity index (χ3v) is 2.38. The summed E-state index contributed by atoms with van der Waals surface area (Å²) in [5.41, 5.74) is 5.78. The van der Waals surface area contributed by atoms with Gasteiger partial charge in [-0.1, -0.05) is 0 Å². The molecule has 0 spiro atoms. The van der Waals surface area contributed by atoms with E-state index in [0.717, 1.165) is 0 Å². The van der Waals surface area contributed by atoms with Crippen LogP contribution in [0.15, 0.2) is 16.6 Å². The molecular weight excluding hydrogens is 272 g/mol. The monoisotopic (exact) mass is 279 g/mol. The molecule has 1 aromatic carbocycles. The molecule has 0 aliphatic carbocycles. The summed E-state index contributed by atoms with van der Waals surface area (Å²) < 4.78 is 28.7. The second-order valence-electron chi connectivity index (χ2n) is 2.80. The van der Waals surface area contributed by atoms with Crippen LogP contribution in [-0.4, -0.2) is 12.4 Å². The summed E-state index contributed by atoms with van der Waals surface area (Å²) in [5, 5.41) is 0. The summed E-state index contributed by atoms with van der Waals surface area (Å²) in [4.78, 5) is 11.1. The van der Waals surface area contributed by atoms with E-state index in [1.54, 1.807) is 0 Å². The number of anilines is 1. The number of ether oxygens (including phenoxy) is 1. The molecule has 0 aliphatic heterocycles. The number of carbonyl (C=O) groups excluding carboxylic acids is 1. The van der Waals surface area contributed by atoms with Crippen molar-refractivity contribution in [3.8, 4) is 5.75 Å². The van der Waals surface area contributed by atoms with Crippen LogP contribution in [0.4, 0.5) is 14.5 Å². The standard InChI is InChI=1S/C9H8BrF2NO2/c1-4(14)5-2-6(10)7(13)3-8(5)15-9(11)12/h2-3,9H,13H2,1H3. The number of nitrogens with two attached hydrogens (primary N) is 1. The first-order valence-corrected chi connectivity index (χ1v) is 4.76. The topological polar surface area (TPSA) is 52.3 Å². The Kier molecular flexibility index (Phi) is 3.62. The van der Waals surface area contributed by atoms with Crippen LogP contribution in [-0.2, 0) is 0 Å². The first kappa shape index (κ1) is 11.9. The Balaban J connectivity index is 3.22. The van der Waals surface area contributed by atoms with E-state index in [2.05, 4.69) is 20.7 Å². The molecule has 3 nitrogen and oxygen atoms in total. The Bertz CT molecular complexity index is 396. The van der Waals surface area contributed by atoms with Crippen molar-refractivity contribution in [3.05, 3.63) is 22.2 Å². The van der Waals surface area contributed by atoms with Crippen LogP contribution >= 0.6 is 15.9 Å². The molecule has 0 unspecified atom stereocenters. The minimum atomic E-state index is -2.98. The predicted octanol–water partition coefficient (Wildman–Crippen LogP) is 2.84. The van der Waals surface area contributed by atoms with E-state index < -0.39 is 6.61 Å². The number of rotatable bonds is 3. The number of ketones is 1. The Labute approximate surface area is 93.3 Å². The molecule has 0 heterocycles. The highest BCUT2D eigenvalue weighted by atomic mass is 79.9. The Morgan fingerprint density at radius 2 is 2.13 bits per heavy atom. The summed E-state index contributed by atoms with van der Waals surface area (Å²) in [7, 11) is 0. The maximum atomic E-state index is 12.0. The molecule has 0 saturated heterocycles. The van der Waals surface area contributed by atoms with Crippen molar-refractivity contribution in [3.63, 3.8) is 0 Å². The Morgan fingerprint density at radius 1 is 1.53 bits per heavy atom. The number of Topliss-reactive ketones (excluding diaryl/α,β-unsaturated/α-hetero) is 1. The average Bonchev–Trinajstić information content (AvgIpc) is 2.09. The molecule has 0 aromatic heterocycles. The number of hydrogen-bond donors (Lipinski definition) is 1. The Hall–Kier alpha value is -1.17. The van der Waals surface area contributed by atoms with Gasteiger partial charge in [-0.2, -0.15) is 8.78 Å². The highest BCUT2D eigenvalue weighted by Gasteiger charge is 2.15. The molecule has 0 fully saturated rings. The fraction of sp³-hybridized carbons (Fsp3) is 0.222. The summed E-state index contributed by atoms with van der Waals surface area (Å²) in [5.74, 6) is -0.579. The second-order valence-corrected chi connectivity index (χ2v) is 3.66. The molecule has 0 radical (unpaired) electrons. The van der Waals surface area contributed by atoms with E-state index in [1.807, 2.05) is 0 Å². The van der Waals surface area contributed by atoms with E-state index in [-0.39, 0.29) is 22.8 Å². The van der Waals surface area contributed by atoms with E-state index in [1.165, 1.54) is 19.1 Å². The summed E-state index contributed by atoms with van der Waals surface area (Å²) in [6.45, 7) is -1.72. The predicted molar refractivity (Wildman–Crippen MR) is 55.2 cm³/mol. The van der Waals surface area contributed by atoms with Gasteiger partial charge in [0.2, 0.25) is 0 Å². The Morgan fingerprint density at radius 3 is 2.60 bits per heavy atom. The van der Waals surface area contributed by atoms with E-state index in [9.17, 15) is 13.6 Å². The molecule has 0 aliphatic rings. The largest absolute Gasteiger partial charge is 0.434 e. The summed E-state index contributed by atoms with van der Waals surface area (Å²) in [6, 6.07) is 2.54. The highest BCUT2D eigenvalue weighted by Crippen LogP contribution is 2.30. The molecule has 1 rings (SSSR count). The van der Waals surface area contributed by atoms with Crippen molar-refractivity contribution in [2.45, 2.75) is 13.5 Å². The van der Waals surface area contributed by atoms with Crippen molar-refractivity contribution >= 4 is 27.4 Å². The molecule has 0 atom stereocenters. The first-order chi connectivity index (χ1) is 6.91. The van der Waals surface area contributed by atoms with Crippen LogP contribution in [0.5, 0.6) is 5.75 Å². The van der Waals surface area contributed by atoms with Gasteiger partial charge in [-0.25, -0.2) is 0 Å². The van der Waals surface area contributed by atoms with Crippen molar-refractivity contribution in [2.24, 2.45) is 0 Å². The summed E-state index contributed by atoms with van der Waals surface area (Å²) >= 11 is 3.09. The van der Waals surface area contributed by atoms with Gasteiger partial charge in [0.25, 0.3) is 0 Å². The second kappa shape index (κ2) is 4.57. The lowest BCUT2D eigenvalue weighted by molar-refractivity contribution is -0.0500. The van der Waals surface area contributed by atoms with Crippen LogP contribution in [0, 0.1) is 0 Å². The van der Waals surface area contributed by atoms with Crippen LogP contribution < -0.4 is 10.5 Å². The SMILES string of the molecule is CC(=O)c1cc(Br)c(N)cc1OC(F)F. The summed E-state index contributed by atoms with van der Waals surface area (Å²) in [6.07, 6.45) is 0. The molecule has 6 heteroatoms. The van der Waals surface area contributed by atoms with Crippen LogP contribution in [0.25, 0.3) is 0 Å².